The standard InChI is InChI=1S/C13H16N2O3S/c1-9-7-15(8-10(2)18-9)13-11-5-3-4-6-12(11)19(16,17)14-13/h3-6,9-10H,7-8H2,1-2H3/t9-,10-/m1/s1. The van der Waals surface area contributed by atoms with Crippen LogP contribution in [0.5, 0.6) is 0 Å². The number of rotatable bonds is 0. The number of ether oxygens (including phenoxy) is 1. The number of sulfonamides is 1. The Morgan fingerprint density at radius 2 is 1.84 bits per heavy atom. The molecule has 0 spiro atoms. The van der Waals surface area contributed by atoms with Crippen molar-refractivity contribution in [2.75, 3.05) is 13.1 Å². The minimum absolute atomic E-state index is 0.0712. The van der Waals surface area contributed by atoms with Gasteiger partial charge in [0.1, 0.15) is 4.90 Å². The lowest BCUT2D eigenvalue weighted by Crippen LogP contribution is -2.48. The molecule has 0 radical (unpaired) electrons. The summed E-state index contributed by atoms with van der Waals surface area (Å²) in [6.45, 7) is 5.29. The maximum Gasteiger partial charge on any atom is 0.285 e. The molecule has 0 bridgehead atoms. The van der Waals surface area contributed by atoms with Gasteiger partial charge < -0.3 is 9.64 Å². The Kier molecular flexibility index (Phi) is 2.87. The van der Waals surface area contributed by atoms with Gasteiger partial charge in [-0.1, -0.05) is 12.1 Å². The highest BCUT2D eigenvalue weighted by Crippen LogP contribution is 2.28. The largest absolute Gasteiger partial charge is 0.372 e. The van der Waals surface area contributed by atoms with Crippen molar-refractivity contribution in [1.82, 2.24) is 4.90 Å². The van der Waals surface area contributed by atoms with E-state index in [0.29, 0.717) is 29.4 Å². The van der Waals surface area contributed by atoms with Crippen molar-refractivity contribution in [2.24, 2.45) is 4.40 Å². The molecular weight excluding hydrogens is 264 g/mol. The van der Waals surface area contributed by atoms with Crippen molar-refractivity contribution >= 4 is 15.9 Å². The van der Waals surface area contributed by atoms with E-state index >= 15 is 0 Å². The van der Waals surface area contributed by atoms with Crippen molar-refractivity contribution in [3.8, 4) is 0 Å². The van der Waals surface area contributed by atoms with E-state index in [2.05, 4.69) is 4.40 Å². The molecular formula is C13H16N2O3S. The number of nitrogens with zero attached hydrogens (tertiary/aromatic N) is 2. The molecule has 1 saturated heterocycles. The van der Waals surface area contributed by atoms with E-state index in [4.69, 9.17) is 4.74 Å². The van der Waals surface area contributed by atoms with E-state index in [1.807, 2.05) is 30.9 Å². The molecule has 19 heavy (non-hydrogen) atoms. The van der Waals surface area contributed by atoms with Crippen LogP contribution in [-0.4, -0.2) is 44.5 Å². The molecule has 1 aromatic carbocycles. The SMILES string of the molecule is C[C@@H]1CN(C2=NS(=O)(=O)c3ccccc32)C[C@@H](C)O1. The van der Waals surface area contributed by atoms with Crippen molar-refractivity contribution < 1.29 is 13.2 Å². The molecule has 0 N–H and O–H groups in total. The minimum Gasteiger partial charge on any atom is -0.372 e. The first-order chi connectivity index (χ1) is 8.97. The number of amidine groups is 1. The van der Waals surface area contributed by atoms with Crippen LogP contribution in [0, 0.1) is 0 Å². The third kappa shape index (κ3) is 2.15. The van der Waals surface area contributed by atoms with Gasteiger partial charge in [-0.2, -0.15) is 8.42 Å². The first-order valence-corrected chi connectivity index (χ1v) is 7.76. The number of hydrogen-bond acceptors (Lipinski definition) is 4. The molecule has 0 saturated carbocycles. The van der Waals surface area contributed by atoms with Gasteiger partial charge in [-0.3, -0.25) is 0 Å². The summed E-state index contributed by atoms with van der Waals surface area (Å²) in [6, 6.07) is 6.97. The van der Waals surface area contributed by atoms with Gasteiger partial charge in [0, 0.05) is 18.7 Å². The van der Waals surface area contributed by atoms with E-state index in [0.717, 1.165) is 0 Å². The Morgan fingerprint density at radius 1 is 1.21 bits per heavy atom. The number of hydrogen-bond donors (Lipinski definition) is 0. The van der Waals surface area contributed by atoms with Crippen LogP contribution in [0.2, 0.25) is 0 Å². The van der Waals surface area contributed by atoms with E-state index in [9.17, 15) is 8.42 Å². The topological polar surface area (TPSA) is 59.0 Å². The predicted octanol–water partition coefficient (Wildman–Crippen LogP) is 1.24. The fourth-order valence-electron chi connectivity index (χ4n) is 2.67. The van der Waals surface area contributed by atoms with Crippen LogP contribution in [0.15, 0.2) is 33.6 Å². The molecule has 0 aliphatic carbocycles. The Labute approximate surface area is 113 Å². The van der Waals surface area contributed by atoms with E-state index in [1.165, 1.54) is 0 Å². The normalized spacial score (nSPS) is 28.9. The molecule has 2 heterocycles. The maximum atomic E-state index is 12.0. The minimum atomic E-state index is -3.53. The summed E-state index contributed by atoms with van der Waals surface area (Å²) in [4.78, 5) is 2.30. The fraction of sp³-hybridized carbons (Fsp3) is 0.462. The number of morpholine rings is 1. The fourth-order valence-corrected chi connectivity index (χ4v) is 3.90. The average molecular weight is 280 g/mol. The highest BCUT2D eigenvalue weighted by molar-refractivity contribution is 7.90. The number of fused-ring (bicyclic) bond motifs is 1. The lowest BCUT2D eigenvalue weighted by atomic mass is 10.1. The van der Waals surface area contributed by atoms with Crippen molar-refractivity contribution in [2.45, 2.75) is 31.0 Å². The zero-order chi connectivity index (χ0) is 13.6. The molecule has 2 aliphatic rings. The molecule has 102 valence electrons. The van der Waals surface area contributed by atoms with Crippen LogP contribution >= 0.6 is 0 Å². The zero-order valence-corrected chi connectivity index (χ0v) is 11.7. The number of benzene rings is 1. The molecule has 2 aliphatic heterocycles. The summed E-state index contributed by atoms with van der Waals surface area (Å²) in [7, 11) is -3.53. The van der Waals surface area contributed by atoms with Crippen molar-refractivity contribution in [3.05, 3.63) is 29.8 Å². The van der Waals surface area contributed by atoms with Gasteiger partial charge in [-0.05, 0) is 26.0 Å². The van der Waals surface area contributed by atoms with Gasteiger partial charge in [0.15, 0.2) is 5.84 Å². The van der Waals surface area contributed by atoms with Gasteiger partial charge in [-0.15, -0.1) is 4.40 Å². The van der Waals surface area contributed by atoms with Crippen molar-refractivity contribution in [3.63, 3.8) is 0 Å². The quantitative estimate of drug-likeness (QED) is 0.717. The summed E-state index contributed by atoms with van der Waals surface area (Å²) < 4.78 is 33.7. The molecule has 0 amide bonds. The van der Waals surface area contributed by atoms with E-state index < -0.39 is 10.0 Å². The van der Waals surface area contributed by atoms with Gasteiger partial charge in [0.25, 0.3) is 10.0 Å². The smallest absolute Gasteiger partial charge is 0.285 e. The Balaban J connectivity index is 2.03. The average Bonchev–Trinajstić information content (AvgIpc) is 2.61. The first kappa shape index (κ1) is 12.6. The second kappa shape index (κ2) is 4.31. The Hall–Kier alpha value is -1.40. The molecule has 3 rings (SSSR count). The Bertz CT molecular complexity index is 629. The highest BCUT2D eigenvalue weighted by atomic mass is 32.2. The molecule has 6 heteroatoms. The van der Waals surface area contributed by atoms with Crippen molar-refractivity contribution in [1.29, 1.82) is 0 Å². The molecule has 0 aromatic heterocycles. The van der Waals surface area contributed by atoms with Gasteiger partial charge in [-0.25, -0.2) is 0 Å². The first-order valence-electron chi connectivity index (χ1n) is 6.32. The van der Waals surface area contributed by atoms with Crippen LogP contribution in [0.1, 0.15) is 19.4 Å². The summed E-state index contributed by atoms with van der Waals surface area (Å²) in [6.07, 6.45) is 0.142. The van der Waals surface area contributed by atoms with E-state index in [-0.39, 0.29) is 12.2 Å². The highest BCUT2D eigenvalue weighted by Gasteiger charge is 2.34. The summed E-state index contributed by atoms with van der Waals surface area (Å²) in [5.74, 6) is 0.553. The zero-order valence-electron chi connectivity index (χ0n) is 10.9. The van der Waals surface area contributed by atoms with Gasteiger partial charge in [0.2, 0.25) is 0 Å². The monoisotopic (exact) mass is 280 g/mol. The second-order valence-corrected chi connectivity index (χ2v) is 6.62. The predicted molar refractivity (Wildman–Crippen MR) is 71.7 cm³/mol. The Morgan fingerprint density at radius 3 is 2.53 bits per heavy atom. The van der Waals surface area contributed by atoms with Gasteiger partial charge in [0.05, 0.1) is 12.2 Å². The molecule has 1 fully saturated rings. The van der Waals surface area contributed by atoms with Crippen LogP contribution in [-0.2, 0) is 14.8 Å². The lowest BCUT2D eigenvalue weighted by Gasteiger charge is -2.36. The molecule has 5 nitrogen and oxygen atoms in total. The van der Waals surface area contributed by atoms with Crippen LogP contribution < -0.4 is 0 Å². The lowest BCUT2D eigenvalue weighted by molar-refractivity contribution is -0.0478. The second-order valence-electron chi connectivity index (χ2n) is 5.05. The summed E-state index contributed by atoms with van der Waals surface area (Å²) in [5.41, 5.74) is 0.698. The van der Waals surface area contributed by atoms with E-state index in [1.54, 1.807) is 12.1 Å². The van der Waals surface area contributed by atoms with Crippen LogP contribution in [0.4, 0.5) is 0 Å². The molecule has 1 aromatic rings. The third-order valence-corrected chi connectivity index (χ3v) is 4.66. The summed E-state index contributed by atoms with van der Waals surface area (Å²) >= 11 is 0. The van der Waals surface area contributed by atoms with Gasteiger partial charge >= 0.3 is 0 Å². The van der Waals surface area contributed by atoms with Crippen LogP contribution in [0.25, 0.3) is 0 Å². The summed E-state index contributed by atoms with van der Waals surface area (Å²) in [5, 5.41) is 0. The maximum absolute atomic E-state index is 12.0. The third-order valence-electron chi connectivity index (χ3n) is 3.33. The molecule has 2 atom stereocenters. The van der Waals surface area contributed by atoms with Crippen LogP contribution in [0.3, 0.4) is 0 Å². The molecule has 0 unspecified atom stereocenters.